The molecule has 0 fully saturated rings. The molecule has 0 aliphatic carbocycles. The van der Waals surface area contributed by atoms with Crippen LogP contribution in [0.1, 0.15) is 0 Å². The second-order valence-corrected chi connectivity index (χ2v) is 3.78. The minimum atomic E-state index is 0.661. The van der Waals surface area contributed by atoms with Crippen LogP contribution >= 0.6 is 0 Å². The molecule has 16 heavy (non-hydrogen) atoms. The third-order valence-corrected chi connectivity index (χ3v) is 2.90. The van der Waals surface area contributed by atoms with E-state index in [4.69, 9.17) is 0 Å². The summed E-state index contributed by atoms with van der Waals surface area (Å²) >= 11 is 0. The number of benzene rings is 2. The fraction of sp³-hybridized carbons (Fsp3) is 0. The molecule has 2 aromatic carbocycles. The van der Waals surface area contributed by atoms with Gasteiger partial charge in [0.15, 0.2) is 5.65 Å². The largest absolute Gasteiger partial charge is 0.234 e. The predicted octanol–water partition coefficient (Wildman–Crippen LogP) is 2.16. The summed E-state index contributed by atoms with van der Waals surface area (Å²) in [5.74, 6) is 0. The normalized spacial score (nSPS) is 11.8. The highest BCUT2D eigenvalue weighted by Gasteiger charge is 2.09. The van der Waals surface area contributed by atoms with Crippen LogP contribution in [-0.4, -0.2) is 20.4 Å². The van der Waals surface area contributed by atoms with Gasteiger partial charge in [-0.1, -0.05) is 24.3 Å². The van der Waals surface area contributed by atoms with E-state index in [1.54, 1.807) is 0 Å². The number of aromatic nitrogens is 4. The van der Waals surface area contributed by atoms with Gasteiger partial charge in [0.25, 0.3) is 0 Å². The molecule has 0 bridgehead atoms. The topological polar surface area (TPSA) is 51.6 Å². The molecular formula is C12H6N4. The fourth-order valence-electron chi connectivity index (χ4n) is 2.20. The summed E-state index contributed by atoms with van der Waals surface area (Å²) in [7, 11) is 0. The summed E-state index contributed by atoms with van der Waals surface area (Å²) in [6, 6.07) is 10.2. The fourth-order valence-corrected chi connectivity index (χ4v) is 2.20. The summed E-state index contributed by atoms with van der Waals surface area (Å²) in [5, 5.41) is 16.2. The molecule has 2 aromatic heterocycles. The average Bonchev–Trinajstić information content (AvgIpc) is 2.36. The molecule has 0 spiro atoms. The quantitative estimate of drug-likeness (QED) is 0.414. The minimum absolute atomic E-state index is 0.661. The van der Waals surface area contributed by atoms with Gasteiger partial charge in [-0.3, -0.25) is 0 Å². The monoisotopic (exact) mass is 206 g/mol. The van der Waals surface area contributed by atoms with E-state index in [0.717, 1.165) is 16.3 Å². The summed E-state index contributed by atoms with van der Waals surface area (Å²) in [4.78, 5) is 4.30. The van der Waals surface area contributed by atoms with E-state index in [-0.39, 0.29) is 0 Å². The Balaban J connectivity index is 2.51. The average molecular weight is 206 g/mol. The van der Waals surface area contributed by atoms with Crippen molar-refractivity contribution in [3.8, 4) is 0 Å². The second-order valence-electron chi connectivity index (χ2n) is 3.78. The Hall–Kier alpha value is -2.36. The first-order chi connectivity index (χ1) is 7.93. The molecule has 0 amide bonds. The molecule has 0 aliphatic heterocycles. The lowest BCUT2D eigenvalue weighted by atomic mass is 10.0. The van der Waals surface area contributed by atoms with E-state index < -0.39 is 0 Å². The van der Waals surface area contributed by atoms with Gasteiger partial charge in [-0.05, 0) is 16.7 Å². The highest BCUT2D eigenvalue weighted by atomic mass is 15.3. The Morgan fingerprint density at radius 2 is 1.75 bits per heavy atom. The summed E-state index contributed by atoms with van der Waals surface area (Å²) in [6.07, 6.45) is 1.83. The highest BCUT2D eigenvalue weighted by Crippen LogP contribution is 2.30. The van der Waals surface area contributed by atoms with Crippen molar-refractivity contribution < 1.29 is 0 Å². The zero-order valence-electron chi connectivity index (χ0n) is 8.25. The van der Waals surface area contributed by atoms with Gasteiger partial charge in [-0.15, -0.1) is 10.2 Å². The number of pyridine rings is 1. The van der Waals surface area contributed by atoms with Gasteiger partial charge in [0.05, 0.1) is 10.9 Å². The molecule has 0 aliphatic rings. The van der Waals surface area contributed by atoms with E-state index in [1.165, 1.54) is 10.8 Å². The van der Waals surface area contributed by atoms with Gasteiger partial charge in [-0.25, -0.2) is 4.98 Å². The SMILES string of the molecule is c1cc2ccc3nnnc4ncc(c1)c2c34. The van der Waals surface area contributed by atoms with E-state index in [2.05, 4.69) is 38.6 Å². The van der Waals surface area contributed by atoms with Crippen LogP contribution in [0.2, 0.25) is 0 Å². The van der Waals surface area contributed by atoms with Gasteiger partial charge in [-0.2, -0.15) is 0 Å². The van der Waals surface area contributed by atoms with Gasteiger partial charge >= 0.3 is 0 Å². The Bertz CT molecular complexity index is 680. The molecule has 0 radical (unpaired) electrons. The van der Waals surface area contributed by atoms with Crippen LogP contribution in [0.5, 0.6) is 0 Å². The maximum absolute atomic E-state index is 4.30. The molecule has 0 atom stereocenters. The summed E-state index contributed by atoms with van der Waals surface area (Å²) < 4.78 is 0. The summed E-state index contributed by atoms with van der Waals surface area (Å²) in [5.41, 5.74) is 1.51. The molecule has 2 heterocycles. The smallest absolute Gasteiger partial charge is 0.186 e. The van der Waals surface area contributed by atoms with Crippen molar-refractivity contribution in [1.82, 2.24) is 20.4 Å². The molecule has 4 heteroatoms. The number of hydrogen-bond acceptors (Lipinski definition) is 4. The van der Waals surface area contributed by atoms with Crippen molar-refractivity contribution in [2.75, 3.05) is 0 Å². The van der Waals surface area contributed by atoms with E-state index in [0.29, 0.717) is 5.65 Å². The maximum atomic E-state index is 4.30. The molecule has 0 N–H and O–H groups in total. The zero-order chi connectivity index (χ0) is 10.5. The van der Waals surface area contributed by atoms with Crippen LogP contribution in [0.4, 0.5) is 0 Å². The molecule has 74 valence electrons. The van der Waals surface area contributed by atoms with Crippen LogP contribution in [0.3, 0.4) is 0 Å². The Kier molecular flexibility index (Phi) is 1.28. The van der Waals surface area contributed by atoms with E-state index >= 15 is 0 Å². The number of hydrogen-bond donors (Lipinski definition) is 0. The van der Waals surface area contributed by atoms with Gasteiger partial charge in [0.1, 0.15) is 0 Å². The maximum Gasteiger partial charge on any atom is 0.186 e. The number of nitrogens with zero attached hydrogens (tertiary/aromatic N) is 4. The first-order valence-corrected chi connectivity index (χ1v) is 5.02. The molecular weight excluding hydrogens is 200 g/mol. The van der Waals surface area contributed by atoms with Crippen molar-refractivity contribution in [3.63, 3.8) is 0 Å². The van der Waals surface area contributed by atoms with Crippen LogP contribution in [0.15, 0.2) is 36.5 Å². The lowest BCUT2D eigenvalue weighted by Gasteiger charge is -2.06. The van der Waals surface area contributed by atoms with E-state index in [9.17, 15) is 0 Å². The second kappa shape index (κ2) is 2.61. The third kappa shape index (κ3) is 0.839. The Morgan fingerprint density at radius 1 is 0.812 bits per heavy atom. The zero-order valence-corrected chi connectivity index (χ0v) is 8.25. The lowest BCUT2D eigenvalue weighted by molar-refractivity contribution is 0.907. The Labute approximate surface area is 90.3 Å². The lowest BCUT2D eigenvalue weighted by Crippen LogP contribution is -1.94. The Morgan fingerprint density at radius 3 is 2.75 bits per heavy atom. The van der Waals surface area contributed by atoms with Crippen LogP contribution < -0.4 is 0 Å². The van der Waals surface area contributed by atoms with Crippen LogP contribution in [0, 0.1) is 0 Å². The van der Waals surface area contributed by atoms with Crippen LogP contribution in [-0.2, 0) is 0 Å². The molecule has 0 unspecified atom stereocenters. The molecule has 4 aromatic rings. The standard InChI is InChI=1S/C12H6N4/c1-2-7-4-5-9-11-10(7)8(3-1)6-13-12(11)15-16-14-9/h1-6H. The predicted molar refractivity (Wildman–Crippen MR) is 61.3 cm³/mol. The van der Waals surface area contributed by atoms with Crippen molar-refractivity contribution >= 4 is 32.7 Å². The van der Waals surface area contributed by atoms with Gasteiger partial charge in [0.2, 0.25) is 0 Å². The third-order valence-electron chi connectivity index (χ3n) is 2.90. The van der Waals surface area contributed by atoms with Crippen molar-refractivity contribution in [2.45, 2.75) is 0 Å². The molecule has 4 nitrogen and oxygen atoms in total. The first kappa shape index (κ1) is 7.87. The van der Waals surface area contributed by atoms with Gasteiger partial charge in [0, 0.05) is 17.0 Å². The minimum Gasteiger partial charge on any atom is -0.234 e. The molecule has 4 rings (SSSR count). The van der Waals surface area contributed by atoms with Crippen LogP contribution in [0.25, 0.3) is 32.7 Å². The molecule has 0 saturated carbocycles. The van der Waals surface area contributed by atoms with Gasteiger partial charge < -0.3 is 0 Å². The van der Waals surface area contributed by atoms with Crippen molar-refractivity contribution in [1.29, 1.82) is 0 Å². The molecule has 0 saturated heterocycles. The first-order valence-electron chi connectivity index (χ1n) is 5.02. The highest BCUT2D eigenvalue weighted by molar-refractivity contribution is 6.19. The van der Waals surface area contributed by atoms with Crippen molar-refractivity contribution in [2.24, 2.45) is 0 Å². The van der Waals surface area contributed by atoms with E-state index in [1.807, 2.05) is 18.3 Å². The van der Waals surface area contributed by atoms with Crippen molar-refractivity contribution in [3.05, 3.63) is 36.5 Å². The summed E-state index contributed by atoms with van der Waals surface area (Å²) in [6.45, 7) is 0. The number of rotatable bonds is 0.